The van der Waals surface area contributed by atoms with Crippen molar-refractivity contribution < 1.29 is 13.2 Å². The van der Waals surface area contributed by atoms with E-state index < -0.39 is 17.5 Å². The second-order valence-corrected chi connectivity index (χ2v) is 3.90. The molecule has 0 radical (unpaired) electrons. The quantitative estimate of drug-likeness (QED) is 0.768. The fourth-order valence-electron chi connectivity index (χ4n) is 1.48. The molecule has 0 aliphatic heterocycles. The Morgan fingerprint density at radius 2 is 1.65 bits per heavy atom. The summed E-state index contributed by atoms with van der Waals surface area (Å²) in [6, 6.07) is 5.63. The van der Waals surface area contributed by atoms with Crippen molar-refractivity contribution in [3.63, 3.8) is 0 Å². The van der Waals surface area contributed by atoms with Crippen LogP contribution in [-0.4, -0.2) is 0 Å². The van der Waals surface area contributed by atoms with E-state index in [1.807, 2.05) is 0 Å². The van der Waals surface area contributed by atoms with Crippen LogP contribution in [0.15, 0.2) is 30.3 Å². The molecule has 0 spiro atoms. The van der Waals surface area contributed by atoms with Crippen LogP contribution in [0.2, 0.25) is 5.02 Å². The van der Waals surface area contributed by atoms with E-state index in [0.717, 1.165) is 12.1 Å². The lowest BCUT2D eigenvalue weighted by Crippen LogP contribution is -1.93. The Hall–Kier alpha value is -1.68. The first-order valence-electron chi connectivity index (χ1n) is 4.69. The predicted octanol–water partition coefficient (Wildman–Crippen LogP) is 4.01. The Bertz CT molecular complexity index is 584. The third kappa shape index (κ3) is 2.22. The molecule has 0 saturated carbocycles. The molecule has 17 heavy (non-hydrogen) atoms. The predicted molar refractivity (Wildman–Crippen MR) is 61.2 cm³/mol. The lowest BCUT2D eigenvalue weighted by Gasteiger charge is -2.07. The molecule has 0 aromatic heterocycles. The molecule has 0 aliphatic rings. The van der Waals surface area contributed by atoms with Crippen LogP contribution in [0.25, 0.3) is 11.1 Å². The van der Waals surface area contributed by atoms with E-state index in [2.05, 4.69) is 0 Å². The van der Waals surface area contributed by atoms with Crippen molar-refractivity contribution in [3.05, 3.63) is 52.8 Å². The highest BCUT2D eigenvalue weighted by molar-refractivity contribution is 6.31. The Kier molecular flexibility index (Phi) is 2.98. The molecule has 0 unspecified atom stereocenters. The van der Waals surface area contributed by atoms with Crippen LogP contribution in [0.5, 0.6) is 0 Å². The number of nitrogens with two attached hydrogens (primary N) is 1. The zero-order valence-corrected chi connectivity index (χ0v) is 9.23. The molecule has 0 fully saturated rings. The van der Waals surface area contributed by atoms with Gasteiger partial charge >= 0.3 is 0 Å². The van der Waals surface area contributed by atoms with Crippen LogP contribution in [0.3, 0.4) is 0 Å². The maximum Gasteiger partial charge on any atom is 0.159 e. The van der Waals surface area contributed by atoms with E-state index >= 15 is 0 Å². The molecule has 0 bridgehead atoms. The highest BCUT2D eigenvalue weighted by Gasteiger charge is 2.12. The second-order valence-electron chi connectivity index (χ2n) is 3.49. The van der Waals surface area contributed by atoms with Gasteiger partial charge < -0.3 is 5.73 Å². The Morgan fingerprint density at radius 1 is 0.941 bits per heavy atom. The molecule has 2 aromatic rings. The van der Waals surface area contributed by atoms with E-state index in [1.54, 1.807) is 0 Å². The van der Waals surface area contributed by atoms with Crippen molar-refractivity contribution >= 4 is 17.3 Å². The summed E-state index contributed by atoms with van der Waals surface area (Å²) in [6.07, 6.45) is 0. The minimum atomic E-state index is -1.06. The van der Waals surface area contributed by atoms with Crippen LogP contribution in [0, 0.1) is 17.5 Å². The molecule has 2 N–H and O–H groups in total. The fourth-order valence-corrected chi connectivity index (χ4v) is 1.71. The van der Waals surface area contributed by atoms with Crippen LogP contribution < -0.4 is 5.73 Å². The van der Waals surface area contributed by atoms with Crippen molar-refractivity contribution in [2.75, 3.05) is 5.73 Å². The number of benzene rings is 2. The number of nitrogen functional groups attached to an aromatic ring is 1. The monoisotopic (exact) mass is 257 g/mol. The third-order valence-corrected chi connectivity index (χ3v) is 2.56. The van der Waals surface area contributed by atoms with E-state index in [4.69, 9.17) is 17.3 Å². The van der Waals surface area contributed by atoms with Crippen molar-refractivity contribution in [3.8, 4) is 11.1 Å². The van der Waals surface area contributed by atoms with Gasteiger partial charge in [-0.05, 0) is 29.8 Å². The number of hydrogen-bond acceptors (Lipinski definition) is 1. The van der Waals surface area contributed by atoms with Crippen LogP contribution in [0.4, 0.5) is 18.9 Å². The lowest BCUT2D eigenvalue weighted by atomic mass is 10.0. The normalized spacial score (nSPS) is 10.6. The second kappa shape index (κ2) is 4.30. The zero-order valence-electron chi connectivity index (χ0n) is 8.48. The summed E-state index contributed by atoms with van der Waals surface area (Å²) in [5.41, 5.74) is 5.97. The van der Waals surface area contributed by atoms with Crippen molar-refractivity contribution in [1.82, 2.24) is 0 Å². The first-order chi connectivity index (χ1) is 7.99. The Balaban J connectivity index is 2.64. The van der Waals surface area contributed by atoms with Gasteiger partial charge in [-0.2, -0.15) is 0 Å². The van der Waals surface area contributed by atoms with Gasteiger partial charge in [-0.15, -0.1) is 0 Å². The number of rotatable bonds is 1. The summed E-state index contributed by atoms with van der Waals surface area (Å²) >= 11 is 5.62. The molecule has 0 saturated heterocycles. The topological polar surface area (TPSA) is 26.0 Å². The van der Waals surface area contributed by atoms with E-state index in [9.17, 15) is 13.2 Å². The van der Waals surface area contributed by atoms with Crippen molar-refractivity contribution in [2.45, 2.75) is 0 Å². The summed E-state index contributed by atoms with van der Waals surface area (Å²) in [6.45, 7) is 0. The molecule has 5 heteroatoms. The molecule has 2 rings (SSSR count). The van der Waals surface area contributed by atoms with E-state index in [0.29, 0.717) is 0 Å². The third-order valence-electron chi connectivity index (χ3n) is 2.28. The molecular weight excluding hydrogens is 251 g/mol. The molecule has 2 aromatic carbocycles. The number of halogens is 4. The summed E-state index contributed by atoms with van der Waals surface area (Å²) in [7, 11) is 0. The van der Waals surface area contributed by atoms with Gasteiger partial charge in [0.2, 0.25) is 0 Å². The van der Waals surface area contributed by atoms with Crippen molar-refractivity contribution in [1.29, 1.82) is 0 Å². The minimum Gasteiger partial charge on any atom is -0.399 e. The smallest absolute Gasteiger partial charge is 0.159 e. The van der Waals surface area contributed by atoms with Gasteiger partial charge in [0.15, 0.2) is 11.6 Å². The van der Waals surface area contributed by atoms with Gasteiger partial charge in [-0.3, -0.25) is 0 Å². The summed E-state index contributed by atoms with van der Waals surface area (Å²) in [5.74, 6) is -2.77. The maximum absolute atomic E-state index is 13.7. The first kappa shape index (κ1) is 11.8. The average molecular weight is 258 g/mol. The van der Waals surface area contributed by atoms with Gasteiger partial charge in [-0.1, -0.05) is 17.7 Å². The number of anilines is 1. The van der Waals surface area contributed by atoms with E-state index in [1.165, 1.54) is 18.2 Å². The molecule has 0 aliphatic carbocycles. The van der Waals surface area contributed by atoms with Crippen molar-refractivity contribution in [2.24, 2.45) is 0 Å². The van der Waals surface area contributed by atoms with Gasteiger partial charge in [-0.25, -0.2) is 13.2 Å². The summed E-state index contributed by atoms with van der Waals surface area (Å²) in [4.78, 5) is 0. The number of hydrogen-bond donors (Lipinski definition) is 1. The van der Waals surface area contributed by atoms with Gasteiger partial charge in [0.25, 0.3) is 0 Å². The largest absolute Gasteiger partial charge is 0.399 e. The van der Waals surface area contributed by atoms with Crippen LogP contribution >= 0.6 is 11.6 Å². The van der Waals surface area contributed by atoms with Gasteiger partial charge in [0.1, 0.15) is 5.82 Å². The lowest BCUT2D eigenvalue weighted by molar-refractivity contribution is 0.509. The van der Waals surface area contributed by atoms with Gasteiger partial charge in [0, 0.05) is 11.3 Å². The molecule has 0 atom stereocenters. The van der Waals surface area contributed by atoms with Gasteiger partial charge in [0.05, 0.1) is 5.02 Å². The van der Waals surface area contributed by atoms with Crippen LogP contribution in [0.1, 0.15) is 0 Å². The standard InChI is InChI=1S/C12H7ClF3N/c13-9-5-7(17)4-8(12(9)16)6-1-2-10(14)11(15)3-6/h1-5H,17H2. The molecular formula is C12H7ClF3N. The molecule has 0 amide bonds. The molecule has 1 nitrogen and oxygen atoms in total. The Labute approximate surface area is 101 Å². The summed E-state index contributed by atoms with van der Waals surface area (Å²) in [5, 5.41) is -0.162. The minimum absolute atomic E-state index is 0.0360. The SMILES string of the molecule is Nc1cc(Cl)c(F)c(-c2ccc(F)c(F)c2)c1. The summed E-state index contributed by atoms with van der Waals surface area (Å²) < 4.78 is 39.5. The first-order valence-corrected chi connectivity index (χ1v) is 5.07. The van der Waals surface area contributed by atoms with E-state index in [-0.39, 0.29) is 21.8 Å². The fraction of sp³-hybridized carbons (Fsp3) is 0. The highest BCUT2D eigenvalue weighted by atomic mass is 35.5. The molecule has 88 valence electrons. The Morgan fingerprint density at radius 3 is 2.29 bits per heavy atom. The molecule has 0 heterocycles. The van der Waals surface area contributed by atoms with Crippen LogP contribution in [-0.2, 0) is 0 Å². The zero-order chi connectivity index (χ0) is 12.6. The highest BCUT2D eigenvalue weighted by Crippen LogP contribution is 2.31. The average Bonchev–Trinajstić information content (AvgIpc) is 2.27. The maximum atomic E-state index is 13.7.